The fourth-order valence-corrected chi connectivity index (χ4v) is 2.38. The van der Waals surface area contributed by atoms with Crippen LogP contribution in [0.3, 0.4) is 0 Å². The lowest BCUT2D eigenvalue weighted by molar-refractivity contribution is 0.0455. The standard InChI is InChI=1S/C10H11NO2S/c11-10(12)8-3-1-2-4-9(8)14-7-5-13-6-7/h1-4,7H,5-6H2,(H2,11,12). The Morgan fingerprint density at radius 3 is 2.71 bits per heavy atom. The number of ether oxygens (including phenoxy) is 1. The number of benzene rings is 1. The summed E-state index contributed by atoms with van der Waals surface area (Å²) < 4.78 is 5.07. The predicted octanol–water partition coefficient (Wildman–Crippen LogP) is 1.28. The third kappa shape index (κ3) is 1.91. The van der Waals surface area contributed by atoms with Crippen LogP contribution in [-0.2, 0) is 4.74 Å². The van der Waals surface area contributed by atoms with E-state index < -0.39 is 0 Å². The summed E-state index contributed by atoms with van der Waals surface area (Å²) in [6, 6.07) is 7.41. The van der Waals surface area contributed by atoms with Gasteiger partial charge in [-0.15, -0.1) is 11.8 Å². The lowest BCUT2D eigenvalue weighted by Gasteiger charge is -2.25. The number of nitrogens with two attached hydrogens (primary N) is 1. The normalized spacial score (nSPS) is 16.3. The Labute approximate surface area is 86.6 Å². The highest BCUT2D eigenvalue weighted by Crippen LogP contribution is 2.30. The maximum Gasteiger partial charge on any atom is 0.249 e. The van der Waals surface area contributed by atoms with Crippen LogP contribution in [0.25, 0.3) is 0 Å². The van der Waals surface area contributed by atoms with Crippen molar-refractivity contribution in [1.29, 1.82) is 0 Å². The summed E-state index contributed by atoms with van der Waals surface area (Å²) in [6.07, 6.45) is 0. The van der Waals surface area contributed by atoms with Gasteiger partial charge in [0.05, 0.1) is 24.0 Å². The first kappa shape index (κ1) is 9.55. The summed E-state index contributed by atoms with van der Waals surface area (Å²) in [4.78, 5) is 12.0. The number of primary amides is 1. The Morgan fingerprint density at radius 2 is 2.14 bits per heavy atom. The Balaban J connectivity index is 2.17. The van der Waals surface area contributed by atoms with Crippen LogP contribution in [0.2, 0.25) is 0 Å². The number of thioether (sulfide) groups is 1. The molecule has 0 atom stereocenters. The molecular weight excluding hydrogens is 198 g/mol. The van der Waals surface area contributed by atoms with E-state index in [1.54, 1.807) is 17.8 Å². The highest BCUT2D eigenvalue weighted by molar-refractivity contribution is 8.00. The van der Waals surface area contributed by atoms with Crippen molar-refractivity contribution in [3.63, 3.8) is 0 Å². The van der Waals surface area contributed by atoms with Crippen molar-refractivity contribution in [2.45, 2.75) is 10.1 Å². The molecule has 14 heavy (non-hydrogen) atoms. The van der Waals surface area contributed by atoms with E-state index in [1.807, 2.05) is 18.2 Å². The van der Waals surface area contributed by atoms with Crippen LogP contribution in [-0.4, -0.2) is 24.4 Å². The molecule has 1 heterocycles. The zero-order valence-electron chi connectivity index (χ0n) is 7.60. The van der Waals surface area contributed by atoms with Gasteiger partial charge in [-0.1, -0.05) is 12.1 Å². The Bertz CT molecular complexity index is 350. The Morgan fingerprint density at radius 1 is 1.43 bits per heavy atom. The number of hydrogen-bond acceptors (Lipinski definition) is 3. The Kier molecular flexibility index (Phi) is 2.74. The van der Waals surface area contributed by atoms with Crippen LogP contribution >= 0.6 is 11.8 Å². The third-order valence-corrected chi connectivity index (χ3v) is 3.27. The number of carbonyl (C=O) groups excluding carboxylic acids is 1. The van der Waals surface area contributed by atoms with Gasteiger partial charge in [-0.25, -0.2) is 0 Å². The maximum absolute atomic E-state index is 11.1. The van der Waals surface area contributed by atoms with Gasteiger partial charge >= 0.3 is 0 Å². The average molecular weight is 209 g/mol. The van der Waals surface area contributed by atoms with Gasteiger partial charge in [-0.2, -0.15) is 0 Å². The number of amides is 1. The van der Waals surface area contributed by atoms with Crippen LogP contribution < -0.4 is 5.73 Å². The predicted molar refractivity (Wildman–Crippen MR) is 55.4 cm³/mol. The molecule has 1 fully saturated rings. The van der Waals surface area contributed by atoms with E-state index >= 15 is 0 Å². The van der Waals surface area contributed by atoms with Crippen molar-refractivity contribution in [1.82, 2.24) is 0 Å². The fraction of sp³-hybridized carbons (Fsp3) is 0.300. The van der Waals surface area contributed by atoms with Crippen molar-refractivity contribution in [3.05, 3.63) is 29.8 Å². The van der Waals surface area contributed by atoms with Gasteiger partial charge < -0.3 is 10.5 Å². The minimum atomic E-state index is -0.367. The summed E-state index contributed by atoms with van der Waals surface area (Å²) >= 11 is 1.66. The van der Waals surface area contributed by atoms with Gasteiger partial charge in [0.25, 0.3) is 0 Å². The first-order chi connectivity index (χ1) is 6.77. The quantitative estimate of drug-likeness (QED) is 0.815. The second-order valence-corrected chi connectivity index (χ2v) is 4.48. The zero-order valence-corrected chi connectivity index (χ0v) is 8.42. The molecule has 1 aromatic carbocycles. The molecule has 0 aromatic heterocycles. The van der Waals surface area contributed by atoms with Crippen LogP contribution in [0.1, 0.15) is 10.4 Å². The minimum absolute atomic E-state index is 0.367. The molecule has 1 saturated heterocycles. The van der Waals surface area contributed by atoms with Gasteiger partial charge in [0.1, 0.15) is 0 Å². The van der Waals surface area contributed by atoms with Gasteiger partial charge in [0, 0.05) is 4.90 Å². The number of hydrogen-bond donors (Lipinski definition) is 1. The minimum Gasteiger partial charge on any atom is -0.379 e. The topological polar surface area (TPSA) is 52.3 Å². The molecule has 0 radical (unpaired) electrons. The summed E-state index contributed by atoms with van der Waals surface area (Å²) in [5.41, 5.74) is 5.87. The third-order valence-electron chi connectivity index (χ3n) is 2.05. The molecule has 1 aliphatic heterocycles. The summed E-state index contributed by atoms with van der Waals surface area (Å²) in [5, 5.41) is 0.468. The van der Waals surface area contributed by atoms with E-state index in [-0.39, 0.29) is 5.91 Å². The number of rotatable bonds is 3. The first-order valence-corrected chi connectivity index (χ1v) is 5.28. The van der Waals surface area contributed by atoms with E-state index in [1.165, 1.54) is 0 Å². The van der Waals surface area contributed by atoms with Crippen LogP contribution in [0.4, 0.5) is 0 Å². The van der Waals surface area contributed by atoms with Crippen molar-refractivity contribution in [3.8, 4) is 0 Å². The molecule has 1 amide bonds. The SMILES string of the molecule is NC(=O)c1ccccc1SC1COC1. The summed E-state index contributed by atoms with van der Waals surface area (Å²) in [7, 11) is 0. The summed E-state index contributed by atoms with van der Waals surface area (Å²) in [6.45, 7) is 1.52. The molecule has 0 unspecified atom stereocenters. The lowest BCUT2D eigenvalue weighted by Crippen LogP contribution is -2.30. The van der Waals surface area contributed by atoms with Gasteiger partial charge in [-0.3, -0.25) is 4.79 Å². The van der Waals surface area contributed by atoms with Crippen LogP contribution in [0, 0.1) is 0 Å². The van der Waals surface area contributed by atoms with E-state index in [9.17, 15) is 4.79 Å². The maximum atomic E-state index is 11.1. The highest BCUT2D eigenvalue weighted by Gasteiger charge is 2.21. The van der Waals surface area contributed by atoms with E-state index in [0.717, 1.165) is 18.1 Å². The van der Waals surface area contributed by atoms with Gasteiger partial charge in [-0.05, 0) is 12.1 Å². The van der Waals surface area contributed by atoms with E-state index in [0.29, 0.717) is 10.8 Å². The van der Waals surface area contributed by atoms with Gasteiger partial charge in [0.2, 0.25) is 5.91 Å². The molecule has 2 rings (SSSR count). The van der Waals surface area contributed by atoms with Crippen LogP contribution in [0.5, 0.6) is 0 Å². The Hall–Kier alpha value is -1.00. The first-order valence-electron chi connectivity index (χ1n) is 4.40. The van der Waals surface area contributed by atoms with E-state index in [4.69, 9.17) is 10.5 Å². The average Bonchev–Trinajstić information content (AvgIpc) is 2.12. The number of carbonyl (C=O) groups is 1. The van der Waals surface area contributed by atoms with Gasteiger partial charge in [0.15, 0.2) is 0 Å². The van der Waals surface area contributed by atoms with Crippen molar-refractivity contribution >= 4 is 17.7 Å². The van der Waals surface area contributed by atoms with Crippen molar-refractivity contribution < 1.29 is 9.53 Å². The highest BCUT2D eigenvalue weighted by atomic mass is 32.2. The monoisotopic (exact) mass is 209 g/mol. The fourth-order valence-electron chi connectivity index (χ4n) is 1.23. The smallest absolute Gasteiger partial charge is 0.249 e. The second-order valence-electron chi connectivity index (χ2n) is 3.14. The van der Waals surface area contributed by atoms with Crippen LogP contribution in [0.15, 0.2) is 29.2 Å². The molecule has 3 nitrogen and oxygen atoms in total. The largest absolute Gasteiger partial charge is 0.379 e. The molecular formula is C10H11NO2S. The molecule has 0 aliphatic carbocycles. The lowest BCUT2D eigenvalue weighted by atomic mass is 10.2. The molecule has 74 valence electrons. The molecule has 1 aromatic rings. The van der Waals surface area contributed by atoms with Crippen molar-refractivity contribution in [2.75, 3.05) is 13.2 Å². The molecule has 0 bridgehead atoms. The molecule has 1 aliphatic rings. The molecule has 0 spiro atoms. The molecule has 2 N–H and O–H groups in total. The van der Waals surface area contributed by atoms with E-state index in [2.05, 4.69) is 0 Å². The molecule has 0 saturated carbocycles. The zero-order chi connectivity index (χ0) is 9.97. The summed E-state index contributed by atoms with van der Waals surface area (Å²) in [5.74, 6) is -0.367. The molecule has 4 heteroatoms. The second kappa shape index (κ2) is 4.02. The van der Waals surface area contributed by atoms with Crippen molar-refractivity contribution in [2.24, 2.45) is 5.73 Å².